The molecule has 0 atom stereocenters. The number of fused-ring (bicyclic) bond motifs is 1. The van der Waals surface area contributed by atoms with Gasteiger partial charge in [0.2, 0.25) is 5.56 Å². The number of alkyl halides is 3. The number of carbonyl (C=O) groups excluding carboxylic acids is 1. The Kier molecular flexibility index (Phi) is 4.45. The number of aryl methyl sites for hydroxylation is 2. The lowest BCUT2D eigenvalue weighted by molar-refractivity contribution is -0.137. The molecule has 1 aliphatic heterocycles. The van der Waals surface area contributed by atoms with Crippen molar-refractivity contribution in [2.75, 3.05) is 16.5 Å². The summed E-state index contributed by atoms with van der Waals surface area (Å²) in [5.74, 6) is -0.570. The van der Waals surface area contributed by atoms with E-state index in [1.165, 1.54) is 34.4 Å². The number of nitrogens with zero attached hydrogens (tertiary/aromatic N) is 3. The van der Waals surface area contributed by atoms with Gasteiger partial charge >= 0.3 is 6.18 Å². The molecule has 10 heteroatoms. The van der Waals surface area contributed by atoms with Crippen molar-refractivity contribution in [1.82, 2.24) is 9.97 Å². The Labute approximate surface area is 167 Å². The molecule has 1 amide bonds. The van der Waals surface area contributed by atoms with Gasteiger partial charge < -0.3 is 9.88 Å². The average molecular weight is 420 g/mol. The molecule has 0 aliphatic carbocycles. The molecule has 1 N–H and O–H groups in total. The standard InChI is InChI=1S/C19H15F3N4O2S/c1-10-14(5-6-16(27)24-10)25-9-26(18-11(2)23-8-29-18)15-4-3-12(19(20,21)22)7-13(15)17(25)28/h3-8H,9H2,1-2H3,(H,24,27). The summed E-state index contributed by atoms with van der Waals surface area (Å²) in [5.41, 5.74) is 2.30. The second-order valence-corrected chi connectivity index (χ2v) is 7.44. The lowest BCUT2D eigenvalue weighted by Crippen LogP contribution is -2.45. The van der Waals surface area contributed by atoms with Gasteiger partial charge in [0.05, 0.1) is 33.7 Å². The van der Waals surface area contributed by atoms with Gasteiger partial charge in [-0.1, -0.05) is 0 Å². The molecule has 150 valence electrons. The number of hydrogen-bond donors (Lipinski definition) is 1. The van der Waals surface area contributed by atoms with E-state index in [0.717, 1.165) is 17.1 Å². The predicted octanol–water partition coefficient (Wildman–Crippen LogP) is 4.22. The molecule has 0 spiro atoms. The van der Waals surface area contributed by atoms with E-state index in [1.54, 1.807) is 24.3 Å². The zero-order chi connectivity index (χ0) is 20.9. The number of amides is 1. The van der Waals surface area contributed by atoms with Crippen molar-refractivity contribution in [1.29, 1.82) is 0 Å². The van der Waals surface area contributed by atoms with Crippen molar-refractivity contribution in [3.63, 3.8) is 0 Å². The van der Waals surface area contributed by atoms with Gasteiger partial charge in [0, 0.05) is 11.8 Å². The Morgan fingerprint density at radius 3 is 2.41 bits per heavy atom. The molecule has 6 nitrogen and oxygen atoms in total. The van der Waals surface area contributed by atoms with Crippen LogP contribution in [0, 0.1) is 13.8 Å². The number of aromatic amines is 1. The summed E-state index contributed by atoms with van der Waals surface area (Å²) >= 11 is 1.33. The first-order chi connectivity index (χ1) is 13.7. The van der Waals surface area contributed by atoms with Crippen molar-refractivity contribution in [2.24, 2.45) is 0 Å². The van der Waals surface area contributed by atoms with Gasteiger partial charge in [0.1, 0.15) is 11.7 Å². The molecule has 0 bridgehead atoms. The van der Waals surface area contributed by atoms with E-state index < -0.39 is 17.6 Å². The van der Waals surface area contributed by atoms with Crippen LogP contribution in [0.25, 0.3) is 0 Å². The molecule has 2 aromatic heterocycles. The summed E-state index contributed by atoms with van der Waals surface area (Å²) in [6.45, 7) is 3.50. The first-order valence-electron chi connectivity index (χ1n) is 8.57. The molecule has 3 aromatic rings. The van der Waals surface area contributed by atoms with Crippen molar-refractivity contribution in [3.8, 4) is 0 Å². The van der Waals surface area contributed by atoms with Crippen LogP contribution in [0.5, 0.6) is 0 Å². The van der Waals surface area contributed by atoms with E-state index in [9.17, 15) is 22.8 Å². The predicted molar refractivity (Wildman–Crippen MR) is 104 cm³/mol. The van der Waals surface area contributed by atoms with Crippen molar-refractivity contribution in [2.45, 2.75) is 20.0 Å². The monoisotopic (exact) mass is 420 g/mol. The summed E-state index contributed by atoms with van der Waals surface area (Å²) in [6.07, 6.45) is -4.57. The summed E-state index contributed by atoms with van der Waals surface area (Å²) in [4.78, 5) is 34.7. The molecule has 0 fully saturated rings. The number of thiazole rings is 1. The van der Waals surface area contributed by atoms with Crippen LogP contribution in [0.2, 0.25) is 0 Å². The van der Waals surface area contributed by atoms with Gasteiger partial charge in [-0.3, -0.25) is 14.5 Å². The first kappa shape index (κ1) is 19.2. The van der Waals surface area contributed by atoms with Crippen LogP contribution >= 0.6 is 11.3 Å². The summed E-state index contributed by atoms with van der Waals surface area (Å²) in [6, 6.07) is 5.92. The fourth-order valence-electron chi connectivity index (χ4n) is 3.32. The normalized spacial score (nSPS) is 14.3. The third-order valence-corrected chi connectivity index (χ3v) is 5.67. The molecule has 0 radical (unpaired) electrons. The van der Waals surface area contributed by atoms with Crippen molar-refractivity contribution in [3.05, 3.63) is 68.7 Å². The minimum Gasteiger partial charge on any atom is -0.324 e. The smallest absolute Gasteiger partial charge is 0.324 e. The number of H-pyrrole nitrogens is 1. The quantitative estimate of drug-likeness (QED) is 0.674. The van der Waals surface area contributed by atoms with Crippen LogP contribution in [0.4, 0.5) is 29.5 Å². The molecule has 0 saturated heterocycles. The Morgan fingerprint density at radius 2 is 1.79 bits per heavy atom. The largest absolute Gasteiger partial charge is 0.416 e. The highest BCUT2D eigenvalue weighted by molar-refractivity contribution is 7.14. The number of pyridine rings is 1. The fourth-order valence-corrected chi connectivity index (χ4v) is 4.14. The number of anilines is 3. The van der Waals surface area contributed by atoms with E-state index in [1.807, 2.05) is 0 Å². The SMILES string of the molecule is Cc1ncsc1N1CN(c2ccc(=O)[nH]c2C)C(=O)c2cc(C(F)(F)F)ccc21. The maximum Gasteiger partial charge on any atom is 0.416 e. The van der Waals surface area contributed by atoms with Gasteiger partial charge in [-0.25, -0.2) is 4.98 Å². The van der Waals surface area contributed by atoms with Crippen LogP contribution < -0.4 is 15.4 Å². The molecule has 4 rings (SSSR count). The Hall–Kier alpha value is -3.14. The van der Waals surface area contributed by atoms with Gasteiger partial charge in [-0.05, 0) is 38.1 Å². The van der Waals surface area contributed by atoms with Crippen LogP contribution in [0.1, 0.15) is 27.3 Å². The van der Waals surface area contributed by atoms with Crippen LogP contribution in [0.3, 0.4) is 0 Å². The number of rotatable bonds is 2. The zero-order valence-corrected chi connectivity index (χ0v) is 16.2. The topological polar surface area (TPSA) is 69.3 Å². The molecule has 1 aliphatic rings. The van der Waals surface area contributed by atoms with Crippen molar-refractivity contribution < 1.29 is 18.0 Å². The van der Waals surface area contributed by atoms with Gasteiger partial charge in [-0.15, -0.1) is 11.3 Å². The van der Waals surface area contributed by atoms with E-state index >= 15 is 0 Å². The van der Waals surface area contributed by atoms with Gasteiger partial charge in [-0.2, -0.15) is 13.2 Å². The Morgan fingerprint density at radius 1 is 1.07 bits per heavy atom. The fraction of sp³-hybridized carbons (Fsp3) is 0.211. The maximum atomic E-state index is 13.3. The van der Waals surface area contributed by atoms with Crippen molar-refractivity contribution >= 4 is 33.6 Å². The number of halogens is 3. The zero-order valence-electron chi connectivity index (χ0n) is 15.4. The lowest BCUT2D eigenvalue weighted by atomic mass is 10.0. The van der Waals surface area contributed by atoms with E-state index in [4.69, 9.17) is 0 Å². The number of nitrogens with one attached hydrogen (secondary N) is 1. The van der Waals surface area contributed by atoms with E-state index in [0.29, 0.717) is 22.8 Å². The first-order valence-corrected chi connectivity index (χ1v) is 9.45. The number of hydrogen-bond acceptors (Lipinski definition) is 5. The second kappa shape index (κ2) is 6.73. The summed E-state index contributed by atoms with van der Waals surface area (Å²) in [7, 11) is 0. The minimum absolute atomic E-state index is 0.0653. The molecule has 1 aromatic carbocycles. The lowest BCUT2D eigenvalue weighted by Gasteiger charge is -2.38. The average Bonchev–Trinajstić information content (AvgIpc) is 3.07. The molecule has 0 unspecified atom stereocenters. The van der Waals surface area contributed by atoms with Crippen LogP contribution in [-0.4, -0.2) is 22.5 Å². The number of aromatic nitrogens is 2. The number of benzene rings is 1. The van der Waals surface area contributed by atoms with Gasteiger partial charge in [0.25, 0.3) is 5.91 Å². The Bertz CT molecular complexity index is 1170. The minimum atomic E-state index is -4.57. The summed E-state index contributed by atoms with van der Waals surface area (Å²) < 4.78 is 39.8. The van der Waals surface area contributed by atoms with Crippen LogP contribution in [-0.2, 0) is 6.18 Å². The van der Waals surface area contributed by atoms with Gasteiger partial charge in [0.15, 0.2) is 0 Å². The highest BCUT2D eigenvalue weighted by atomic mass is 32.1. The highest BCUT2D eigenvalue weighted by Crippen LogP contribution is 2.41. The molecular weight excluding hydrogens is 405 g/mol. The second-order valence-electron chi connectivity index (χ2n) is 6.61. The van der Waals surface area contributed by atoms with E-state index in [2.05, 4.69) is 9.97 Å². The maximum absolute atomic E-state index is 13.3. The number of carbonyl (C=O) groups is 1. The third-order valence-electron chi connectivity index (χ3n) is 4.72. The molecule has 29 heavy (non-hydrogen) atoms. The highest BCUT2D eigenvalue weighted by Gasteiger charge is 2.37. The molecular formula is C19H15F3N4O2S. The third kappa shape index (κ3) is 3.29. The Balaban J connectivity index is 1.91. The molecule has 3 heterocycles. The molecule has 0 saturated carbocycles. The van der Waals surface area contributed by atoms with E-state index in [-0.39, 0.29) is 17.8 Å². The summed E-state index contributed by atoms with van der Waals surface area (Å²) in [5, 5.41) is 0.727. The van der Waals surface area contributed by atoms with Crippen LogP contribution in [0.15, 0.2) is 40.6 Å².